The van der Waals surface area contributed by atoms with E-state index in [1.807, 2.05) is 30.3 Å². The Labute approximate surface area is 157 Å². The largest absolute Gasteiger partial charge is 0.349 e. The summed E-state index contributed by atoms with van der Waals surface area (Å²) in [7, 11) is 0. The van der Waals surface area contributed by atoms with Gasteiger partial charge in [0.1, 0.15) is 0 Å². The third-order valence-corrected chi connectivity index (χ3v) is 4.53. The fourth-order valence-electron chi connectivity index (χ4n) is 3.10. The summed E-state index contributed by atoms with van der Waals surface area (Å²) in [4.78, 5) is 23.0. The van der Waals surface area contributed by atoms with E-state index in [9.17, 15) is 14.9 Å². The number of amides is 1. The topological polar surface area (TPSA) is 90.1 Å². The lowest BCUT2D eigenvalue weighted by Crippen LogP contribution is -2.32. The normalized spacial score (nSPS) is 12.3. The van der Waals surface area contributed by atoms with Gasteiger partial charge in [-0.3, -0.25) is 19.6 Å². The molecular formula is C20H22N4O3. The van der Waals surface area contributed by atoms with Crippen LogP contribution in [0.15, 0.2) is 54.7 Å². The van der Waals surface area contributed by atoms with Gasteiger partial charge >= 0.3 is 0 Å². The maximum atomic E-state index is 12.5. The number of rotatable bonds is 7. The van der Waals surface area contributed by atoms with Crippen LogP contribution in [-0.2, 0) is 11.3 Å². The number of carbonyl (C=O) groups is 1. The first kappa shape index (κ1) is 18.6. The van der Waals surface area contributed by atoms with Gasteiger partial charge in [0, 0.05) is 23.9 Å². The first-order chi connectivity index (χ1) is 13.0. The van der Waals surface area contributed by atoms with Gasteiger partial charge in [-0.2, -0.15) is 5.10 Å². The smallest absolute Gasteiger partial charge is 0.271 e. The molecule has 1 aromatic heterocycles. The molecule has 7 nitrogen and oxygen atoms in total. The number of nitrogens with one attached hydrogen (secondary N) is 1. The quantitative estimate of drug-likeness (QED) is 0.508. The Hall–Kier alpha value is -3.22. The molecule has 0 aliphatic heterocycles. The molecule has 0 bridgehead atoms. The highest BCUT2D eigenvalue weighted by Gasteiger charge is 2.18. The van der Waals surface area contributed by atoms with Crippen molar-refractivity contribution in [2.45, 2.75) is 32.9 Å². The second kappa shape index (κ2) is 7.99. The molecule has 0 saturated carbocycles. The zero-order valence-electron chi connectivity index (χ0n) is 15.3. The third kappa shape index (κ3) is 4.31. The molecule has 3 rings (SSSR count). The molecule has 3 aromatic rings. The summed E-state index contributed by atoms with van der Waals surface area (Å²) in [6, 6.07) is 14.4. The van der Waals surface area contributed by atoms with Crippen molar-refractivity contribution in [2.75, 3.05) is 0 Å². The van der Waals surface area contributed by atoms with E-state index in [0.29, 0.717) is 12.1 Å². The maximum absolute atomic E-state index is 12.5. The summed E-state index contributed by atoms with van der Waals surface area (Å²) in [6.07, 6.45) is 1.90. The van der Waals surface area contributed by atoms with E-state index in [-0.39, 0.29) is 30.0 Å². The van der Waals surface area contributed by atoms with Crippen LogP contribution in [0.1, 0.15) is 31.9 Å². The fourth-order valence-corrected chi connectivity index (χ4v) is 3.10. The van der Waals surface area contributed by atoms with Crippen molar-refractivity contribution in [2.24, 2.45) is 5.92 Å². The van der Waals surface area contributed by atoms with E-state index in [0.717, 1.165) is 10.9 Å². The summed E-state index contributed by atoms with van der Waals surface area (Å²) >= 11 is 0. The predicted molar refractivity (Wildman–Crippen MR) is 103 cm³/mol. The number of nitro groups is 1. The Morgan fingerprint density at radius 3 is 2.63 bits per heavy atom. The van der Waals surface area contributed by atoms with Crippen LogP contribution in [0.5, 0.6) is 0 Å². The summed E-state index contributed by atoms with van der Waals surface area (Å²) < 4.78 is 1.63. The number of hydrogen-bond donors (Lipinski definition) is 1. The number of non-ortho nitro benzene ring substituents is 1. The number of fused-ring (bicyclic) bond motifs is 1. The number of carbonyl (C=O) groups excluding carboxylic acids is 1. The van der Waals surface area contributed by atoms with Crippen molar-refractivity contribution in [3.63, 3.8) is 0 Å². The van der Waals surface area contributed by atoms with Gasteiger partial charge in [0.05, 0.1) is 29.2 Å². The number of benzene rings is 2. The lowest BCUT2D eigenvalue weighted by molar-refractivity contribution is -0.384. The van der Waals surface area contributed by atoms with Crippen LogP contribution in [0.25, 0.3) is 10.9 Å². The Balaban J connectivity index is 1.69. The van der Waals surface area contributed by atoms with Crippen LogP contribution < -0.4 is 5.32 Å². The average Bonchev–Trinajstić information content (AvgIpc) is 3.07. The van der Waals surface area contributed by atoms with Gasteiger partial charge in [-0.25, -0.2) is 0 Å². The molecule has 1 heterocycles. The summed E-state index contributed by atoms with van der Waals surface area (Å²) in [6.45, 7) is 4.49. The molecule has 0 spiro atoms. The highest BCUT2D eigenvalue weighted by atomic mass is 16.6. The van der Waals surface area contributed by atoms with Crippen molar-refractivity contribution >= 4 is 22.5 Å². The van der Waals surface area contributed by atoms with Crippen LogP contribution in [0, 0.1) is 16.0 Å². The first-order valence-electron chi connectivity index (χ1n) is 8.90. The second-order valence-electron chi connectivity index (χ2n) is 6.82. The molecular weight excluding hydrogens is 344 g/mol. The summed E-state index contributed by atoms with van der Waals surface area (Å²) in [5.41, 5.74) is 1.74. The van der Waals surface area contributed by atoms with E-state index in [1.54, 1.807) is 16.9 Å². The Morgan fingerprint density at radius 2 is 1.96 bits per heavy atom. The molecule has 7 heteroatoms. The second-order valence-corrected chi connectivity index (χ2v) is 6.82. The molecule has 140 valence electrons. The lowest BCUT2D eigenvalue weighted by Gasteiger charge is -2.23. The van der Waals surface area contributed by atoms with Crippen molar-refractivity contribution < 1.29 is 9.72 Å². The lowest BCUT2D eigenvalue weighted by atomic mass is 9.96. The average molecular weight is 366 g/mol. The molecule has 0 radical (unpaired) electrons. The SMILES string of the molecule is CC(C)[C@H](NC(=O)CCn1ncc2ccc([N+](=O)[O-])cc21)c1ccccc1. The van der Waals surface area contributed by atoms with Crippen LogP contribution >= 0.6 is 0 Å². The van der Waals surface area contributed by atoms with Gasteiger partial charge < -0.3 is 5.32 Å². The zero-order valence-corrected chi connectivity index (χ0v) is 15.3. The molecule has 0 fully saturated rings. The van der Waals surface area contributed by atoms with Crippen molar-refractivity contribution in [1.29, 1.82) is 0 Å². The molecule has 27 heavy (non-hydrogen) atoms. The molecule has 1 N–H and O–H groups in total. The van der Waals surface area contributed by atoms with Crippen LogP contribution in [0.2, 0.25) is 0 Å². The van der Waals surface area contributed by atoms with Crippen LogP contribution in [-0.4, -0.2) is 20.6 Å². The van der Waals surface area contributed by atoms with Crippen molar-refractivity contribution in [3.05, 3.63) is 70.4 Å². The molecule has 0 unspecified atom stereocenters. The van der Waals surface area contributed by atoms with E-state index >= 15 is 0 Å². The molecule has 0 aliphatic carbocycles. The molecule has 0 aliphatic rings. The highest BCUT2D eigenvalue weighted by Crippen LogP contribution is 2.22. The van der Waals surface area contributed by atoms with E-state index in [2.05, 4.69) is 24.3 Å². The van der Waals surface area contributed by atoms with Crippen LogP contribution in [0.3, 0.4) is 0 Å². The Bertz CT molecular complexity index is 950. The van der Waals surface area contributed by atoms with Gasteiger partial charge in [-0.1, -0.05) is 44.2 Å². The molecule has 0 saturated heterocycles. The predicted octanol–water partition coefficient (Wildman–Crippen LogP) is 3.85. The van der Waals surface area contributed by atoms with Gasteiger partial charge in [-0.15, -0.1) is 0 Å². The van der Waals surface area contributed by atoms with Gasteiger partial charge in [0.2, 0.25) is 5.91 Å². The molecule has 2 aromatic carbocycles. The van der Waals surface area contributed by atoms with Crippen LogP contribution in [0.4, 0.5) is 5.69 Å². The van der Waals surface area contributed by atoms with E-state index in [1.165, 1.54) is 12.1 Å². The minimum Gasteiger partial charge on any atom is -0.349 e. The summed E-state index contributed by atoms with van der Waals surface area (Å²) in [5, 5.41) is 19.1. The number of nitrogens with zero attached hydrogens (tertiary/aromatic N) is 3. The fraction of sp³-hybridized carbons (Fsp3) is 0.300. The van der Waals surface area contributed by atoms with Crippen molar-refractivity contribution in [3.8, 4) is 0 Å². The highest BCUT2D eigenvalue weighted by molar-refractivity contribution is 5.81. The minimum absolute atomic E-state index is 0.0117. The standard InChI is InChI=1S/C20H22N4O3/c1-14(2)20(15-6-4-3-5-7-15)22-19(25)10-11-23-18-12-17(24(26)27)9-8-16(18)13-21-23/h3-9,12-14,20H,10-11H2,1-2H3,(H,22,25)/t20-/m0/s1. The van der Waals surface area contributed by atoms with Gasteiger partial charge in [0.25, 0.3) is 5.69 Å². The Morgan fingerprint density at radius 1 is 1.22 bits per heavy atom. The zero-order chi connectivity index (χ0) is 19.4. The summed E-state index contributed by atoms with van der Waals surface area (Å²) in [5.74, 6) is 0.177. The number of aromatic nitrogens is 2. The van der Waals surface area contributed by atoms with Crippen molar-refractivity contribution in [1.82, 2.24) is 15.1 Å². The van der Waals surface area contributed by atoms with Gasteiger partial charge in [-0.05, 0) is 17.5 Å². The molecule has 1 atom stereocenters. The van der Waals surface area contributed by atoms with Gasteiger partial charge in [0.15, 0.2) is 0 Å². The number of nitro benzene ring substituents is 1. The maximum Gasteiger partial charge on any atom is 0.271 e. The first-order valence-corrected chi connectivity index (χ1v) is 8.90. The minimum atomic E-state index is -0.434. The monoisotopic (exact) mass is 366 g/mol. The number of hydrogen-bond acceptors (Lipinski definition) is 4. The van der Waals surface area contributed by atoms with E-state index in [4.69, 9.17) is 0 Å². The third-order valence-electron chi connectivity index (χ3n) is 4.53. The van der Waals surface area contributed by atoms with E-state index < -0.39 is 4.92 Å². The molecule has 1 amide bonds. The number of aryl methyl sites for hydroxylation is 1. The Kier molecular flexibility index (Phi) is 5.49.